The Hall–Kier alpha value is -2.55. The van der Waals surface area contributed by atoms with Gasteiger partial charge < -0.3 is 20.9 Å². The number of nitrogens with one attached hydrogen (secondary N) is 3. The number of carbonyl (C=O) groups excluding carboxylic acids is 1. The molecule has 0 bridgehead atoms. The summed E-state index contributed by atoms with van der Waals surface area (Å²) in [6.07, 6.45) is 9.24. The quantitative estimate of drug-likeness (QED) is 0.700. The summed E-state index contributed by atoms with van der Waals surface area (Å²) in [4.78, 5) is 22.9. The first-order valence-electron chi connectivity index (χ1n) is 9.18. The zero-order valence-corrected chi connectivity index (χ0v) is 15.9. The van der Waals surface area contributed by atoms with Crippen molar-refractivity contribution in [3.05, 3.63) is 23.6 Å². The Bertz CT molecular complexity index is 821. The molecule has 1 aliphatic heterocycles. The van der Waals surface area contributed by atoms with Crippen molar-refractivity contribution in [2.45, 2.75) is 37.8 Å². The number of carbonyl (C=O) groups is 1. The molecule has 2 aromatic heterocycles. The van der Waals surface area contributed by atoms with Crippen LogP contribution >= 0.6 is 11.6 Å². The number of amides is 2. The molecule has 2 aromatic rings. The molecule has 1 saturated carbocycles. The molecule has 0 aromatic carbocycles. The van der Waals surface area contributed by atoms with Gasteiger partial charge in [0.2, 0.25) is 5.95 Å². The number of aryl methyl sites for hydroxylation is 1. The van der Waals surface area contributed by atoms with Crippen LogP contribution < -0.4 is 16.0 Å². The molecule has 1 unspecified atom stereocenters. The minimum atomic E-state index is 0.0366. The number of nitrogens with zero attached hydrogens (tertiary/aromatic N) is 5. The van der Waals surface area contributed by atoms with Crippen molar-refractivity contribution in [1.29, 1.82) is 0 Å². The lowest BCUT2D eigenvalue weighted by Gasteiger charge is -2.25. The van der Waals surface area contributed by atoms with Crippen LogP contribution in [0.3, 0.4) is 0 Å². The fourth-order valence-corrected chi connectivity index (χ4v) is 3.34. The van der Waals surface area contributed by atoms with E-state index in [-0.39, 0.29) is 12.1 Å². The molecular formula is C17H23ClN8O. The van der Waals surface area contributed by atoms with Gasteiger partial charge >= 0.3 is 6.03 Å². The molecule has 1 saturated heterocycles. The van der Waals surface area contributed by atoms with E-state index < -0.39 is 0 Å². The van der Waals surface area contributed by atoms with E-state index in [4.69, 9.17) is 11.6 Å². The van der Waals surface area contributed by atoms with E-state index >= 15 is 0 Å². The standard InChI is InChI=1S/C17H23ClN8O/c1-25-10-12(7-21-25)22-16-20-9-14(18)15(24-16)19-8-13-3-2-6-26(13)17(27)23-11-4-5-11/h7,9-11,13H,2-6,8H2,1H3,(H,23,27)(H2,19,20,22,24). The maximum Gasteiger partial charge on any atom is 0.317 e. The summed E-state index contributed by atoms with van der Waals surface area (Å²) < 4.78 is 1.69. The van der Waals surface area contributed by atoms with Gasteiger partial charge in [-0.05, 0) is 25.7 Å². The third-order valence-electron chi connectivity index (χ3n) is 4.75. The SMILES string of the molecule is Cn1cc(Nc2ncc(Cl)c(NCC3CCCN3C(=O)NC3CC3)n2)cn1. The molecule has 2 fully saturated rings. The van der Waals surface area contributed by atoms with Gasteiger partial charge in [-0.3, -0.25) is 4.68 Å². The zero-order valence-electron chi connectivity index (χ0n) is 15.2. The summed E-state index contributed by atoms with van der Waals surface area (Å²) >= 11 is 6.24. The van der Waals surface area contributed by atoms with Crippen LogP contribution in [0.15, 0.2) is 18.6 Å². The number of halogens is 1. The van der Waals surface area contributed by atoms with Gasteiger partial charge in [0, 0.05) is 32.4 Å². The Morgan fingerprint density at radius 3 is 2.93 bits per heavy atom. The van der Waals surface area contributed by atoms with Crippen molar-refractivity contribution in [1.82, 2.24) is 30.0 Å². The second-order valence-corrected chi connectivity index (χ2v) is 7.42. The third-order valence-corrected chi connectivity index (χ3v) is 5.03. The maximum atomic E-state index is 12.4. The fraction of sp³-hybridized carbons (Fsp3) is 0.529. The van der Waals surface area contributed by atoms with E-state index in [1.165, 1.54) is 0 Å². The van der Waals surface area contributed by atoms with Crippen molar-refractivity contribution < 1.29 is 4.79 Å². The smallest absolute Gasteiger partial charge is 0.317 e. The Labute approximate surface area is 162 Å². The summed E-state index contributed by atoms with van der Waals surface area (Å²) in [6, 6.07) is 0.531. The molecule has 1 aliphatic carbocycles. The number of aromatic nitrogens is 4. The van der Waals surface area contributed by atoms with E-state index in [9.17, 15) is 4.79 Å². The van der Waals surface area contributed by atoms with Crippen molar-refractivity contribution in [3.63, 3.8) is 0 Å². The van der Waals surface area contributed by atoms with Gasteiger partial charge in [-0.25, -0.2) is 9.78 Å². The summed E-state index contributed by atoms with van der Waals surface area (Å²) in [5.74, 6) is 0.983. The van der Waals surface area contributed by atoms with Crippen LogP contribution in [0, 0.1) is 0 Å². The van der Waals surface area contributed by atoms with E-state index in [0.29, 0.717) is 29.4 Å². The lowest BCUT2D eigenvalue weighted by molar-refractivity contribution is 0.194. The first-order chi connectivity index (χ1) is 13.1. The van der Waals surface area contributed by atoms with Crippen LogP contribution in [0.4, 0.5) is 22.2 Å². The number of rotatable bonds is 6. The average molecular weight is 391 g/mol. The molecule has 10 heteroatoms. The molecular weight excluding hydrogens is 368 g/mol. The van der Waals surface area contributed by atoms with Crippen LogP contribution in [0.25, 0.3) is 0 Å². The number of hydrogen-bond donors (Lipinski definition) is 3. The molecule has 4 rings (SSSR count). The van der Waals surface area contributed by atoms with Gasteiger partial charge in [0.15, 0.2) is 5.82 Å². The van der Waals surface area contributed by atoms with Gasteiger partial charge in [-0.2, -0.15) is 10.1 Å². The van der Waals surface area contributed by atoms with Crippen molar-refractivity contribution in [2.75, 3.05) is 23.7 Å². The Kier molecular flexibility index (Phi) is 5.02. The first-order valence-corrected chi connectivity index (χ1v) is 9.55. The lowest BCUT2D eigenvalue weighted by Crippen LogP contribution is -2.46. The van der Waals surface area contributed by atoms with Crippen LogP contribution in [0.2, 0.25) is 5.02 Å². The maximum absolute atomic E-state index is 12.4. The number of hydrogen-bond acceptors (Lipinski definition) is 6. The van der Waals surface area contributed by atoms with Gasteiger partial charge in [-0.1, -0.05) is 11.6 Å². The monoisotopic (exact) mass is 390 g/mol. The number of anilines is 3. The minimum absolute atomic E-state index is 0.0366. The summed E-state index contributed by atoms with van der Waals surface area (Å²) in [7, 11) is 1.84. The highest BCUT2D eigenvalue weighted by atomic mass is 35.5. The topological polar surface area (TPSA) is 100 Å². The molecule has 1 atom stereocenters. The Balaban J connectivity index is 1.38. The summed E-state index contributed by atoms with van der Waals surface area (Å²) in [6.45, 7) is 1.39. The number of urea groups is 1. The molecule has 3 heterocycles. The highest BCUT2D eigenvalue weighted by molar-refractivity contribution is 6.32. The van der Waals surface area contributed by atoms with Crippen LogP contribution in [0.5, 0.6) is 0 Å². The van der Waals surface area contributed by atoms with E-state index in [1.54, 1.807) is 17.1 Å². The molecule has 144 valence electrons. The molecule has 3 N–H and O–H groups in total. The number of likely N-dealkylation sites (tertiary alicyclic amines) is 1. The van der Waals surface area contributed by atoms with Crippen LogP contribution in [0.1, 0.15) is 25.7 Å². The predicted molar refractivity (Wildman–Crippen MR) is 103 cm³/mol. The van der Waals surface area contributed by atoms with E-state index in [1.807, 2.05) is 18.1 Å². The zero-order chi connectivity index (χ0) is 18.8. The van der Waals surface area contributed by atoms with Gasteiger partial charge in [-0.15, -0.1) is 0 Å². The van der Waals surface area contributed by atoms with Crippen LogP contribution in [-0.2, 0) is 7.05 Å². The molecule has 9 nitrogen and oxygen atoms in total. The lowest BCUT2D eigenvalue weighted by atomic mass is 10.2. The van der Waals surface area contributed by atoms with Crippen molar-refractivity contribution >= 4 is 35.1 Å². The van der Waals surface area contributed by atoms with Crippen molar-refractivity contribution in [3.8, 4) is 0 Å². The third kappa shape index (κ3) is 4.41. The predicted octanol–water partition coefficient (Wildman–Crippen LogP) is 2.36. The highest BCUT2D eigenvalue weighted by Gasteiger charge is 2.32. The van der Waals surface area contributed by atoms with E-state index in [0.717, 1.165) is 37.9 Å². The first kappa shape index (κ1) is 17.8. The van der Waals surface area contributed by atoms with Gasteiger partial charge in [0.25, 0.3) is 0 Å². The van der Waals surface area contributed by atoms with Gasteiger partial charge in [0.05, 0.1) is 24.1 Å². The highest BCUT2D eigenvalue weighted by Crippen LogP contribution is 2.24. The molecule has 0 radical (unpaired) electrons. The minimum Gasteiger partial charge on any atom is -0.367 e. The molecule has 27 heavy (non-hydrogen) atoms. The second kappa shape index (κ2) is 7.59. The molecule has 2 aliphatic rings. The molecule has 0 spiro atoms. The Morgan fingerprint density at radius 1 is 1.33 bits per heavy atom. The molecule has 2 amide bonds. The van der Waals surface area contributed by atoms with Crippen molar-refractivity contribution in [2.24, 2.45) is 7.05 Å². The second-order valence-electron chi connectivity index (χ2n) is 7.01. The Morgan fingerprint density at radius 2 is 2.19 bits per heavy atom. The van der Waals surface area contributed by atoms with E-state index in [2.05, 4.69) is 31.0 Å². The summed E-state index contributed by atoms with van der Waals surface area (Å²) in [5.41, 5.74) is 0.796. The van der Waals surface area contributed by atoms with Gasteiger partial charge in [0.1, 0.15) is 5.02 Å². The van der Waals surface area contributed by atoms with Crippen LogP contribution in [-0.4, -0.2) is 55.9 Å². The summed E-state index contributed by atoms with van der Waals surface area (Å²) in [5, 5.41) is 14.0. The largest absolute Gasteiger partial charge is 0.367 e. The fourth-order valence-electron chi connectivity index (χ4n) is 3.18. The average Bonchev–Trinajstić information content (AvgIpc) is 3.16. The normalized spacial score (nSPS) is 19.2.